The lowest BCUT2D eigenvalue weighted by atomic mass is 10.6. The highest BCUT2D eigenvalue weighted by atomic mass is 32.1. The Labute approximate surface area is 63.8 Å². The second-order valence-corrected chi connectivity index (χ2v) is 4.59. The van der Waals surface area contributed by atoms with Crippen molar-refractivity contribution in [2.75, 3.05) is 20.0 Å². The Morgan fingerprint density at radius 3 is 2.22 bits per heavy atom. The fraction of sp³-hybridized carbons (Fsp3) is 1.00. The summed E-state index contributed by atoms with van der Waals surface area (Å²) >= 11 is 4.08. The molecule has 0 N–H and O–H groups in total. The molecular weight excluding hydrogens is 152 g/mol. The fourth-order valence-electron chi connectivity index (χ4n) is 0.590. The van der Waals surface area contributed by atoms with E-state index in [4.69, 9.17) is 8.85 Å². The lowest BCUT2D eigenvalue weighted by Gasteiger charge is -2.08. The van der Waals surface area contributed by atoms with Crippen LogP contribution < -0.4 is 0 Å². The topological polar surface area (TPSA) is 18.5 Å². The van der Waals surface area contributed by atoms with Crippen LogP contribution in [0.5, 0.6) is 0 Å². The maximum absolute atomic E-state index is 5.08. The zero-order valence-electron chi connectivity index (χ0n) is 5.96. The number of rotatable bonds is 5. The summed E-state index contributed by atoms with van der Waals surface area (Å²) < 4.78 is 10.2. The minimum atomic E-state index is -1.26. The van der Waals surface area contributed by atoms with Crippen LogP contribution in [0.3, 0.4) is 0 Å². The Balaban J connectivity index is 3.09. The van der Waals surface area contributed by atoms with E-state index in [-0.39, 0.29) is 0 Å². The van der Waals surface area contributed by atoms with Gasteiger partial charge in [0, 0.05) is 14.2 Å². The van der Waals surface area contributed by atoms with Crippen molar-refractivity contribution in [2.45, 2.75) is 12.5 Å². The molecule has 9 heavy (non-hydrogen) atoms. The predicted molar refractivity (Wildman–Crippen MR) is 44.4 cm³/mol. The molecule has 0 aliphatic carbocycles. The monoisotopic (exact) mass is 166 g/mol. The van der Waals surface area contributed by atoms with Gasteiger partial charge in [-0.05, 0) is 18.2 Å². The van der Waals surface area contributed by atoms with E-state index in [0.29, 0.717) is 0 Å². The lowest BCUT2D eigenvalue weighted by Crippen LogP contribution is -2.18. The Morgan fingerprint density at radius 2 is 1.89 bits per heavy atom. The molecule has 0 spiro atoms. The normalized spacial score (nSPS) is 10.7. The molecule has 0 aliphatic rings. The standard InChI is InChI=1S/C5H14O2SSi/c1-6-9(7-2)5-3-4-8/h8-9H,3-5H2,1-2H3. The van der Waals surface area contributed by atoms with Crippen molar-refractivity contribution in [2.24, 2.45) is 0 Å². The van der Waals surface area contributed by atoms with Crippen molar-refractivity contribution >= 4 is 21.9 Å². The molecule has 0 radical (unpaired) electrons. The molecule has 0 fully saturated rings. The van der Waals surface area contributed by atoms with Crippen LogP contribution in [0.2, 0.25) is 6.04 Å². The summed E-state index contributed by atoms with van der Waals surface area (Å²) in [4.78, 5) is 0. The van der Waals surface area contributed by atoms with Crippen molar-refractivity contribution in [1.82, 2.24) is 0 Å². The Bertz CT molecular complexity index is 58.9. The van der Waals surface area contributed by atoms with Gasteiger partial charge in [0.15, 0.2) is 0 Å². The third kappa shape index (κ3) is 4.96. The molecular formula is C5H14O2SSi. The van der Waals surface area contributed by atoms with E-state index in [1.165, 1.54) is 0 Å². The first-order valence-electron chi connectivity index (χ1n) is 3.01. The van der Waals surface area contributed by atoms with E-state index in [2.05, 4.69) is 12.6 Å². The molecule has 0 atom stereocenters. The minimum absolute atomic E-state index is 0.927. The molecule has 0 aromatic rings. The summed E-state index contributed by atoms with van der Waals surface area (Å²) in [5, 5.41) is 0. The van der Waals surface area contributed by atoms with Crippen LogP contribution >= 0.6 is 12.6 Å². The second-order valence-electron chi connectivity index (χ2n) is 1.77. The quantitative estimate of drug-likeness (QED) is 0.481. The zero-order chi connectivity index (χ0) is 7.11. The Hall–Kier alpha value is 0.487. The molecule has 0 saturated heterocycles. The van der Waals surface area contributed by atoms with Crippen LogP contribution in [-0.2, 0) is 8.85 Å². The maximum atomic E-state index is 5.08. The maximum Gasteiger partial charge on any atom is 0.320 e. The third-order valence-electron chi connectivity index (χ3n) is 1.12. The van der Waals surface area contributed by atoms with E-state index in [0.717, 1.165) is 18.2 Å². The van der Waals surface area contributed by atoms with Crippen LogP contribution in [0.25, 0.3) is 0 Å². The molecule has 4 heteroatoms. The van der Waals surface area contributed by atoms with Crippen molar-refractivity contribution in [3.8, 4) is 0 Å². The first kappa shape index (κ1) is 9.49. The van der Waals surface area contributed by atoms with Crippen LogP contribution in [0.15, 0.2) is 0 Å². The van der Waals surface area contributed by atoms with Crippen LogP contribution in [0.4, 0.5) is 0 Å². The van der Waals surface area contributed by atoms with Gasteiger partial charge in [0.2, 0.25) is 0 Å². The number of hydrogen-bond donors (Lipinski definition) is 1. The summed E-state index contributed by atoms with van der Waals surface area (Å²) in [6.07, 6.45) is 1.10. The molecule has 0 aliphatic heterocycles. The molecule has 0 aromatic heterocycles. The van der Waals surface area contributed by atoms with Gasteiger partial charge in [-0.15, -0.1) is 0 Å². The van der Waals surface area contributed by atoms with E-state index in [1.807, 2.05) is 0 Å². The SMILES string of the molecule is CO[SiH](CCCS)OC. The molecule has 0 amide bonds. The molecule has 2 nitrogen and oxygen atoms in total. The van der Waals surface area contributed by atoms with Crippen molar-refractivity contribution in [1.29, 1.82) is 0 Å². The van der Waals surface area contributed by atoms with Gasteiger partial charge in [0.1, 0.15) is 0 Å². The third-order valence-corrected chi connectivity index (χ3v) is 3.37. The van der Waals surface area contributed by atoms with Crippen molar-refractivity contribution in [3.05, 3.63) is 0 Å². The van der Waals surface area contributed by atoms with Gasteiger partial charge in [-0.2, -0.15) is 12.6 Å². The largest absolute Gasteiger partial charge is 0.400 e. The summed E-state index contributed by atoms with van der Waals surface area (Å²) in [6.45, 7) is 0. The summed E-state index contributed by atoms with van der Waals surface area (Å²) in [6, 6.07) is 1.07. The average Bonchev–Trinajstić information content (AvgIpc) is 1.91. The van der Waals surface area contributed by atoms with E-state index >= 15 is 0 Å². The predicted octanol–water partition coefficient (Wildman–Crippen LogP) is 0.820. The van der Waals surface area contributed by atoms with Gasteiger partial charge in [0.25, 0.3) is 0 Å². The molecule has 56 valence electrons. The van der Waals surface area contributed by atoms with E-state index in [1.54, 1.807) is 14.2 Å². The first-order valence-corrected chi connectivity index (χ1v) is 5.40. The van der Waals surface area contributed by atoms with Gasteiger partial charge >= 0.3 is 9.28 Å². The molecule has 0 saturated carbocycles. The molecule has 0 unspecified atom stereocenters. The van der Waals surface area contributed by atoms with Gasteiger partial charge in [-0.3, -0.25) is 0 Å². The van der Waals surface area contributed by atoms with E-state index in [9.17, 15) is 0 Å². The molecule has 0 aromatic carbocycles. The smallest absolute Gasteiger partial charge is 0.320 e. The molecule has 0 rings (SSSR count). The van der Waals surface area contributed by atoms with Crippen LogP contribution in [0.1, 0.15) is 6.42 Å². The summed E-state index contributed by atoms with van der Waals surface area (Å²) in [7, 11) is 2.16. The average molecular weight is 166 g/mol. The number of hydrogen-bond acceptors (Lipinski definition) is 3. The van der Waals surface area contributed by atoms with Crippen LogP contribution in [0, 0.1) is 0 Å². The second kappa shape index (κ2) is 6.60. The zero-order valence-corrected chi connectivity index (χ0v) is 8.01. The highest BCUT2D eigenvalue weighted by Crippen LogP contribution is 1.99. The fourth-order valence-corrected chi connectivity index (χ4v) is 2.32. The molecule has 0 bridgehead atoms. The van der Waals surface area contributed by atoms with Gasteiger partial charge in [0.05, 0.1) is 0 Å². The van der Waals surface area contributed by atoms with Gasteiger partial charge < -0.3 is 8.85 Å². The highest BCUT2D eigenvalue weighted by Gasteiger charge is 2.06. The van der Waals surface area contributed by atoms with Gasteiger partial charge in [-0.1, -0.05) is 0 Å². The van der Waals surface area contributed by atoms with Crippen molar-refractivity contribution < 1.29 is 8.85 Å². The summed E-state index contributed by atoms with van der Waals surface area (Å²) in [5.74, 6) is 0.927. The Kier molecular flexibility index (Phi) is 6.96. The van der Waals surface area contributed by atoms with Crippen molar-refractivity contribution in [3.63, 3.8) is 0 Å². The Morgan fingerprint density at radius 1 is 1.33 bits per heavy atom. The van der Waals surface area contributed by atoms with Gasteiger partial charge in [-0.25, -0.2) is 0 Å². The number of thiol groups is 1. The van der Waals surface area contributed by atoms with Crippen LogP contribution in [-0.4, -0.2) is 29.3 Å². The van der Waals surface area contributed by atoms with E-state index < -0.39 is 9.28 Å². The highest BCUT2D eigenvalue weighted by molar-refractivity contribution is 7.80. The first-order chi connectivity index (χ1) is 4.35. The molecule has 0 heterocycles. The minimum Gasteiger partial charge on any atom is -0.400 e. The summed E-state index contributed by atoms with van der Waals surface area (Å²) in [5.41, 5.74) is 0. The lowest BCUT2D eigenvalue weighted by molar-refractivity contribution is 0.277.